The standard InChI is InChI=1S/C13H20N4O4/c1-16-6-5-14-11(16)3-4-15-13(20)17-8-9(21-2)7-10(17)12(18)19/h5-6,9-10H,3-4,7-8H2,1-2H3,(H,15,20)(H,18,19). The number of hydrogen-bond donors (Lipinski definition) is 2. The van der Waals surface area contributed by atoms with Gasteiger partial charge in [-0.1, -0.05) is 0 Å². The zero-order valence-corrected chi connectivity index (χ0v) is 12.2. The van der Waals surface area contributed by atoms with Crippen LogP contribution in [0.5, 0.6) is 0 Å². The molecular weight excluding hydrogens is 276 g/mol. The van der Waals surface area contributed by atoms with Crippen LogP contribution >= 0.6 is 0 Å². The zero-order chi connectivity index (χ0) is 15.4. The third-order valence-corrected chi connectivity index (χ3v) is 3.69. The van der Waals surface area contributed by atoms with E-state index < -0.39 is 12.0 Å². The summed E-state index contributed by atoms with van der Waals surface area (Å²) < 4.78 is 7.03. The average molecular weight is 296 g/mol. The Hall–Kier alpha value is -2.09. The number of likely N-dealkylation sites (tertiary alicyclic amines) is 1. The molecule has 0 bridgehead atoms. The number of aliphatic carboxylic acids is 1. The lowest BCUT2D eigenvalue weighted by molar-refractivity contribution is -0.141. The predicted octanol–water partition coefficient (Wildman–Crippen LogP) is -0.154. The summed E-state index contributed by atoms with van der Waals surface area (Å²) in [5.74, 6) is -0.143. The number of methoxy groups -OCH3 is 1. The number of aryl methyl sites for hydroxylation is 1. The minimum Gasteiger partial charge on any atom is -0.480 e. The molecule has 2 atom stereocenters. The van der Waals surface area contributed by atoms with Gasteiger partial charge in [-0.15, -0.1) is 0 Å². The number of urea groups is 1. The molecule has 1 aliphatic rings. The number of nitrogens with zero attached hydrogens (tertiary/aromatic N) is 3. The van der Waals surface area contributed by atoms with E-state index in [9.17, 15) is 9.59 Å². The highest BCUT2D eigenvalue weighted by atomic mass is 16.5. The number of carboxylic acids is 1. The number of imidazole rings is 1. The Kier molecular flexibility index (Phi) is 4.79. The molecule has 8 heteroatoms. The largest absolute Gasteiger partial charge is 0.480 e. The first kappa shape index (κ1) is 15.3. The lowest BCUT2D eigenvalue weighted by Crippen LogP contribution is -2.46. The van der Waals surface area contributed by atoms with Crippen LogP contribution in [0, 0.1) is 0 Å². The van der Waals surface area contributed by atoms with Crippen molar-refractivity contribution in [1.82, 2.24) is 19.8 Å². The summed E-state index contributed by atoms with van der Waals surface area (Å²) in [5.41, 5.74) is 0. The second-order valence-electron chi connectivity index (χ2n) is 5.04. The van der Waals surface area contributed by atoms with E-state index in [2.05, 4.69) is 10.3 Å². The van der Waals surface area contributed by atoms with Gasteiger partial charge in [0.15, 0.2) is 0 Å². The quantitative estimate of drug-likeness (QED) is 0.787. The van der Waals surface area contributed by atoms with E-state index in [1.807, 2.05) is 17.8 Å². The van der Waals surface area contributed by atoms with Gasteiger partial charge in [-0.2, -0.15) is 0 Å². The van der Waals surface area contributed by atoms with Crippen molar-refractivity contribution in [2.45, 2.75) is 25.0 Å². The summed E-state index contributed by atoms with van der Waals surface area (Å²) in [6.07, 6.45) is 4.21. The molecule has 0 spiro atoms. The van der Waals surface area contributed by atoms with Crippen LogP contribution in [0.15, 0.2) is 12.4 Å². The highest BCUT2D eigenvalue weighted by Crippen LogP contribution is 2.20. The number of rotatable bonds is 5. The first-order chi connectivity index (χ1) is 10.0. The van der Waals surface area contributed by atoms with Crippen LogP contribution in [-0.2, 0) is 23.0 Å². The second-order valence-corrected chi connectivity index (χ2v) is 5.04. The van der Waals surface area contributed by atoms with Gasteiger partial charge in [-0.3, -0.25) is 0 Å². The van der Waals surface area contributed by atoms with Crippen LogP contribution in [0.3, 0.4) is 0 Å². The Labute approximate surface area is 122 Å². The smallest absolute Gasteiger partial charge is 0.326 e. The van der Waals surface area contributed by atoms with Crippen molar-refractivity contribution in [1.29, 1.82) is 0 Å². The van der Waals surface area contributed by atoms with Gasteiger partial charge in [-0.05, 0) is 0 Å². The second kappa shape index (κ2) is 6.57. The van der Waals surface area contributed by atoms with Gasteiger partial charge in [0.25, 0.3) is 0 Å². The summed E-state index contributed by atoms with van der Waals surface area (Å²) in [5, 5.41) is 11.9. The average Bonchev–Trinajstić information content (AvgIpc) is 3.05. The predicted molar refractivity (Wildman–Crippen MR) is 73.9 cm³/mol. The van der Waals surface area contributed by atoms with Crippen molar-refractivity contribution >= 4 is 12.0 Å². The molecule has 1 aromatic rings. The molecule has 2 N–H and O–H groups in total. The minimum atomic E-state index is -1.01. The van der Waals surface area contributed by atoms with E-state index in [-0.39, 0.29) is 12.1 Å². The molecule has 1 saturated heterocycles. The van der Waals surface area contributed by atoms with E-state index in [4.69, 9.17) is 9.84 Å². The van der Waals surface area contributed by atoms with Gasteiger partial charge in [0, 0.05) is 52.5 Å². The molecule has 0 aliphatic carbocycles. The number of nitrogens with one attached hydrogen (secondary N) is 1. The molecule has 21 heavy (non-hydrogen) atoms. The number of carbonyl (C=O) groups is 2. The molecule has 0 saturated carbocycles. The number of ether oxygens (including phenoxy) is 1. The molecule has 1 aliphatic heterocycles. The number of aromatic nitrogens is 2. The highest BCUT2D eigenvalue weighted by Gasteiger charge is 2.39. The van der Waals surface area contributed by atoms with Crippen molar-refractivity contribution in [3.8, 4) is 0 Å². The molecule has 1 fully saturated rings. The molecule has 2 heterocycles. The molecular formula is C13H20N4O4. The topological polar surface area (TPSA) is 96.7 Å². The zero-order valence-electron chi connectivity index (χ0n) is 12.2. The highest BCUT2D eigenvalue weighted by molar-refractivity contribution is 5.83. The Balaban J connectivity index is 1.87. The van der Waals surface area contributed by atoms with Crippen LogP contribution in [-0.4, -0.2) is 63.9 Å². The fourth-order valence-corrected chi connectivity index (χ4v) is 2.45. The lowest BCUT2D eigenvalue weighted by Gasteiger charge is -2.21. The summed E-state index contributed by atoms with van der Waals surface area (Å²) in [6, 6.07) is -1.21. The summed E-state index contributed by atoms with van der Waals surface area (Å²) >= 11 is 0. The van der Waals surface area contributed by atoms with Crippen molar-refractivity contribution in [3.63, 3.8) is 0 Å². The van der Waals surface area contributed by atoms with Crippen LogP contribution in [0.25, 0.3) is 0 Å². The van der Waals surface area contributed by atoms with Crippen molar-refractivity contribution in [2.75, 3.05) is 20.2 Å². The van der Waals surface area contributed by atoms with E-state index >= 15 is 0 Å². The van der Waals surface area contributed by atoms with Crippen LogP contribution < -0.4 is 5.32 Å². The Morgan fingerprint density at radius 2 is 2.33 bits per heavy atom. The third kappa shape index (κ3) is 3.52. The van der Waals surface area contributed by atoms with Crippen LogP contribution in [0.1, 0.15) is 12.2 Å². The lowest BCUT2D eigenvalue weighted by atomic mass is 10.2. The summed E-state index contributed by atoms with van der Waals surface area (Å²) in [7, 11) is 3.40. The van der Waals surface area contributed by atoms with E-state index in [1.165, 1.54) is 12.0 Å². The van der Waals surface area contributed by atoms with Crippen LogP contribution in [0.2, 0.25) is 0 Å². The van der Waals surface area contributed by atoms with Gasteiger partial charge < -0.3 is 24.6 Å². The van der Waals surface area contributed by atoms with Crippen molar-refractivity contribution in [2.24, 2.45) is 7.05 Å². The number of hydrogen-bond acceptors (Lipinski definition) is 4. The summed E-state index contributed by atoms with van der Waals surface area (Å²) in [4.78, 5) is 28.8. The van der Waals surface area contributed by atoms with Gasteiger partial charge in [0.1, 0.15) is 11.9 Å². The Morgan fingerprint density at radius 1 is 1.57 bits per heavy atom. The maximum absolute atomic E-state index is 12.1. The van der Waals surface area contributed by atoms with E-state index in [1.54, 1.807) is 6.20 Å². The Bertz CT molecular complexity index is 516. The maximum Gasteiger partial charge on any atom is 0.326 e. The monoisotopic (exact) mass is 296 g/mol. The van der Waals surface area contributed by atoms with Crippen molar-refractivity contribution in [3.05, 3.63) is 18.2 Å². The normalized spacial score (nSPS) is 21.5. The fourth-order valence-electron chi connectivity index (χ4n) is 2.45. The van der Waals surface area contributed by atoms with Gasteiger partial charge in [-0.25, -0.2) is 14.6 Å². The van der Waals surface area contributed by atoms with Gasteiger partial charge in [0.2, 0.25) is 0 Å². The number of carboxylic acid groups (broad SMARTS) is 1. The molecule has 2 amide bonds. The first-order valence-corrected chi connectivity index (χ1v) is 6.79. The number of amides is 2. The molecule has 0 radical (unpaired) electrons. The molecule has 0 aromatic carbocycles. The first-order valence-electron chi connectivity index (χ1n) is 6.79. The van der Waals surface area contributed by atoms with E-state index in [0.29, 0.717) is 25.9 Å². The van der Waals surface area contributed by atoms with Gasteiger partial charge >= 0.3 is 12.0 Å². The Morgan fingerprint density at radius 3 is 2.90 bits per heavy atom. The maximum atomic E-state index is 12.1. The van der Waals surface area contributed by atoms with Gasteiger partial charge in [0.05, 0.1) is 6.10 Å². The molecule has 2 unspecified atom stereocenters. The fraction of sp³-hybridized carbons (Fsp3) is 0.615. The molecule has 116 valence electrons. The number of carbonyl (C=O) groups excluding carboxylic acids is 1. The van der Waals surface area contributed by atoms with Crippen LogP contribution in [0.4, 0.5) is 4.79 Å². The third-order valence-electron chi connectivity index (χ3n) is 3.69. The summed E-state index contributed by atoms with van der Waals surface area (Å²) in [6.45, 7) is 0.700. The minimum absolute atomic E-state index is 0.230. The molecule has 8 nitrogen and oxygen atoms in total. The molecule has 1 aromatic heterocycles. The van der Waals surface area contributed by atoms with E-state index in [0.717, 1.165) is 5.82 Å². The molecule has 2 rings (SSSR count). The van der Waals surface area contributed by atoms with Crippen molar-refractivity contribution < 1.29 is 19.4 Å². The SMILES string of the molecule is COC1CC(C(=O)O)N(C(=O)NCCc2nccn2C)C1.